The molecule has 0 amide bonds. The van der Waals surface area contributed by atoms with Crippen molar-refractivity contribution >= 4 is 59.8 Å². The fraction of sp³-hybridized carbons (Fsp3) is 0. The van der Waals surface area contributed by atoms with Gasteiger partial charge in [-0.15, -0.1) is 0 Å². The Morgan fingerprint density at radius 1 is 1.20 bits per heavy atom. The van der Waals surface area contributed by atoms with E-state index in [1.165, 1.54) is 0 Å². The predicted molar refractivity (Wildman–Crippen MR) is 20.6 cm³/mol. The van der Waals surface area contributed by atoms with Gasteiger partial charge in [-0.1, -0.05) is 0 Å². The molecule has 0 bridgehead atoms. The second-order valence-corrected chi connectivity index (χ2v) is 0. The van der Waals surface area contributed by atoms with E-state index < -0.39 is 0 Å². The van der Waals surface area contributed by atoms with Gasteiger partial charge in [0.15, 0.2) is 0 Å². The van der Waals surface area contributed by atoms with E-state index in [1.807, 2.05) is 0 Å². The summed E-state index contributed by atoms with van der Waals surface area (Å²) in [6.07, 6.45) is 0. The van der Waals surface area contributed by atoms with Gasteiger partial charge in [-0.25, -0.2) is 0 Å². The molecule has 0 spiro atoms. The van der Waals surface area contributed by atoms with E-state index in [0.29, 0.717) is 19.8 Å². The molecule has 0 atom stereocenters. The van der Waals surface area contributed by atoms with E-state index in [1.54, 1.807) is 0 Å². The zero-order chi connectivity index (χ0) is 2.00. The van der Waals surface area contributed by atoms with E-state index in [4.69, 9.17) is 3.40 Å². The molecule has 0 rings (SSSR count). The van der Waals surface area contributed by atoms with Gasteiger partial charge in [0.1, 0.15) is 0 Å². The fourth-order valence-electron chi connectivity index (χ4n) is 0. The van der Waals surface area contributed by atoms with Crippen molar-refractivity contribution < 1.29 is 44.9 Å². The third-order valence-corrected chi connectivity index (χ3v) is 0. The standard InChI is InChI=1S/Ba.O.H4Si.Ti.W.2H/h;;1H4;;;;. The Hall–Kier alpha value is 2.99. The van der Waals surface area contributed by atoms with Crippen LogP contribution in [0.25, 0.3) is 0 Å². The second-order valence-electron chi connectivity index (χ2n) is 0. The predicted octanol–water partition coefficient (Wildman–Crippen LogP) is -2.49. The monoisotopic (exact) mass is 420 g/mol. The van der Waals surface area contributed by atoms with Crippen LogP contribution in [0.4, 0.5) is 0 Å². The summed E-state index contributed by atoms with van der Waals surface area (Å²) in [6.45, 7) is 0. The first-order valence-electron chi connectivity index (χ1n) is 0.167. The van der Waals surface area contributed by atoms with Gasteiger partial charge in [0, 0.05) is 21.7 Å². The first kappa shape index (κ1) is 24.5. The molecule has 0 heterocycles. The summed E-state index contributed by atoms with van der Waals surface area (Å²) in [5, 5.41) is 0. The number of rotatable bonds is 0. The molecule has 0 unspecified atom stereocenters. The number of hydrogen-bond acceptors (Lipinski definition) is 1. The minimum Gasteiger partial charge on any atom is -0.0149 e. The quantitative estimate of drug-likeness (QED) is 0.398. The molecule has 0 aliphatic carbocycles. The van der Waals surface area contributed by atoms with Gasteiger partial charge in [-0.05, 0) is 11.0 Å². The summed E-state index contributed by atoms with van der Waals surface area (Å²) in [5.74, 6) is 0. The van der Waals surface area contributed by atoms with Crippen molar-refractivity contribution in [2.24, 2.45) is 0 Å². The SMILES string of the molecule is [BaH2].[O]=[W].[SiH4].[Ti]. The van der Waals surface area contributed by atoms with Crippen molar-refractivity contribution in [1.82, 2.24) is 0 Å². The summed E-state index contributed by atoms with van der Waals surface area (Å²) >= 11 is 0.333. The minimum atomic E-state index is 0. The van der Waals surface area contributed by atoms with Gasteiger partial charge in [0.05, 0.1) is 0 Å². The molecule has 0 radical (unpaired) electrons. The molecule has 1 nitrogen and oxygen atoms in total. The Labute approximate surface area is 102 Å². The molecule has 5 heteroatoms. The summed E-state index contributed by atoms with van der Waals surface area (Å²) in [7, 11) is 0. The summed E-state index contributed by atoms with van der Waals surface area (Å²) in [6, 6.07) is 0. The molecule has 0 aromatic rings. The largest absolute Gasteiger partial charge is 0.0149 e. The topological polar surface area (TPSA) is 17.1 Å². The van der Waals surface area contributed by atoms with E-state index >= 15 is 0 Å². The fourth-order valence-corrected chi connectivity index (χ4v) is 0. The van der Waals surface area contributed by atoms with Crippen LogP contribution in [-0.2, 0) is 44.9 Å². The maximum atomic E-state index is 8.33. The molecule has 0 aliphatic rings. The zero-order valence-corrected chi connectivity index (χ0v) is 5.81. The Bertz CT molecular complexity index is 11.6. The molecule has 0 N–H and O–H groups in total. The Morgan fingerprint density at radius 3 is 1.20 bits per heavy atom. The first-order valence-corrected chi connectivity index (χ1v) is 1.36. The van der Waals surface area contributed by atoms with Gasteiger partial charge in [-0.3, -0.25) is 0 Å². The molecular weight excluding hydrogens is 413 g/mol. The van der Waals surface area contributed by atoms with Crippen LogP contribution in [0.3, 0.4) is 0 Å². The Kier molecular flexibility index (Phi) is 138. The molecule has 0 aromatic heterocycles. The average molecular weight is 419 g/mol. The van der Waals surface area contributed by atoms with Gasteiger partial charge in [0.2, 0.25) is 0 Å². The van der Waals surface area contributed by atoms with Crippen LogP contribution in [0.1, 0.15) is 0 Å². The molecule has 28 valence electrons. The maximum Gasteiger partial charge on any atom is 0 e. The van der Waals surface area contributed by atoms with Crippen LogP contribution >= 0.6 is 0 Å². The third-order valence-electron chi connectivity index (χ3n) is 0. The van der Waals surface area contributed by atoms with Crippen molar-refractivity contribution in [3.05, 3.63) is 0 Å². The van der Waals surface area contributed by atoms with E-state index in [2.05, 4.69) is 0 Å². The molecule has 0 fully saturated rings. The van der Waals surface area contributed by atoms with Crippen LogP contribution in [-0.4, -0.2) is 59.8 Å². The normalized spacial score (nSPS) is 0.800. The van der Waals surface area contributed by atoms with Crippen LogP contribution in [0, 0.1) is 0 Å². The molecule has 0 aliphatic heterocycles. The maximum absolute atomic E-state index is 8.33. The molecule has 0 saturated heterocycles. The van der Waals surface area contributed by atoms with Gasteiger partial charge in [0.25, 0.3) is 0 Å². The molecule has 0 aromatic carbocycles. The van der Waals surface area contributed by atoms with Crippen LogP contribution in [0.15, 0.2) is 0 Å². The summed E-state index contributed by atoms with van der Waals surface area (Å²) in [5.41, 5.74) is 0. The molecule has 5 heavy (non-hydrogen) atoms. The zero-order valence-electron chi connectivity index (χ0n) is 1.32. The summed E-state index contributed by atoms with van der Waals surface area (Å²) in [4.78, 5) is 0. The Morgan fingerprint density at radius 2 is 1.20 bits per heavy atom. The van der Waals surface area contributed by atoms with E-state index in [-0.39, 0.29) is 81.6 Å². The van der Waals surface area contributed by atoms with Crippen molar-refractivity contribution in [2.45, 2.75) is 0 Å². The van der Waals surface area contributed by atoms with Crippen LogP contribution < -0.4 is 0 Å². The van der Waals surface area contributed by atoms with Gasteiger partial charge < -0.3 is 0 Å². The summed E-state index contributed by atoms with van der Waals surface area (Å²) < 4.78 is 8.33. The molecule has 0 saturated carbocycles. The van der Waals surface area contributed by atoms with Crippen molar-refractivity contribution in [3.63, 3.8) is 0 Å². The van der Waals surface area contributed by atoms with Crippen molar-refractivity contribution in [3.8, 4) is 0 Å². The second kappa shape index (κ2) is 28.0. The first-order chi connectivity index (χ1) is 1.00. The minimum absolute atomic E-state index is 0. The average Bonchev–Trinajstić information content (AvgIpc) is 1.00. The van der Waals surface area contributed by atoms with Crippen molar-refractivity contribution in [1.29, 1.82) is 0 Å². The van der Waals surface area contributed by atoms with Crippen LogP contribution in [0.2, 0.25) is 0 Å². The molecular formula is H6BaOSiTiW. The van der Waals surface area contributed by atoms with E-state index in [0.717, 1.165) is 0 Å². The van der Waals surface area contributed by atoms with Crippen LogP contribution in [0.5, 0.6) is 0 Å². The van der Waals surface area contributed by atoms with E-state index in [9.17, 15) is 0 Å². The number of hydrogen-bond donors (Lipinski definition) is 0. The Balaban J connectivity index is -0.00000000167. The van der Waals surface area contributed by atoms with Gasteiger partial charge in [-0.2, -0.15) is 0 Å². The van der Waals surface area contributed by atoms with Crippen molar-refractivity contribution in [2.75, 3.05) is 0 Å². The van der Waals surface area contributed by atoms with Gasteiger partial charge >= 0.3 is 72.1 Å². The third kappa shape index (κ3) is 19.5. The smallest absolute Gasteiger partial charge is 0 e.